The third-order valence-electron chi connectivity index (χ3n) is 5.89. The van der Waals surface area contributed by atoms with Crippen LogP contribution in [0.4, 0.5) is 19.0 Å². The van der Waals surface area contributed by atoms with E-state index in [0.717, 1.165) is 23.9 Å². The van der Waals surface area contributed by atoms with Crippen LogP contribution in [0.5, 0.6) is 0 Å². The van der Waals surface area contributed by atoms with Crippen LogP contribution in [0.15, 0.2) is 6.07 Å². The molecule has 1 aromatic heterocycles. The maximum absolute atomic E-state index is 13.6. The van der Waals surface area contributed by atoms with Crippen LogP contribution in [0.3, 0.4) is 0 Å². The van der Waals surface area contributed by atoms with Crippen molar-refractivity contribution in [1.82, 2.24) is 14.7 Å². The summed E-state index contributed by atoms with van der Waals surface area (Å²) in [4.78, 5) is 14.1. The zero-order chi connectivity index (χ0) is 18.6. The number of nitrogens with one attached hydrogen (secondary N) is 1. The number of nitrogens with zero attached hydrogens (tertiary/aromatic N) is 3. The van der Waals surface area contributed by atoms with Gasteiger partial charge in [0, 0.05) is 37.0 Å². The third-order valence-corrected chi connectivity index (χ3v) is 5.89. The molecule has 8 heteroatoms. The molecule has 144 valence electrons. The van der Waals surface area contributed by atoms with Gasteiger partial charge in [0.2, 0.25) is 5.91 Å². The fourth-order valence-electron chi connectivity index (χ4n) is 4.05. The molecule has 0 spiro atoms. The minimum atomic E-state index is -4.32. The Balaban J connectivity index is 1.56. The van der Waals surface area contributed by atoms with Crippen LogP contribution in [-0.4, -0.2) is 45.9 Å². The molecule has 0 radical (unpaired) electrons. The summed E-state index contributed by atoms with van der Waals surface area (Å²) in [6.45, 7) is 5.09. The van der Waals surface area contributed by atoms with Crippen molar-refractivity contribution in [2.45, 2.75) is 63.7 Å². The molecule has 1 aromatic rings. The normalized spacial score (nSPS) is 29.0. The van der Waals surface area contributed by atoms with E-state index in [-0.39, 0.29) is 36.1 Å². The molecule has 4 rings (SSSR count). The first-order chi connectivity index (χ1) is 12.2. The highest BCUT2D eigenvalue weighted by atomic mass is 19.4. The maximum Gasteiger partial charge on any atom is 0.410 e. The van der Waals surface area contributed by atoms with E-state index in [1.54, 1.807) is 6.07 Å². The fourth-order valence-corrected chi connectivity index (χ4v) is 4.05. The van der Waals surface area contributed by atoms with Crippen LogP contribution in [0.25, 0.3) is 0 Å². The molecule has 1 saturated heterocycles. The Morgan fingerprint density at radius 1 is 1.31 bits per heavy atom. The molecule has 3 heterocycles. The van der Waals surface area contributed by atoms with Crippen molar-refractivity contribution >= 4 is 11.7 Å². The largest absolute Gasteiger partial charge is 0.410 e. The maximum atomic E-state index is 13.6. The standard InChI is InChI=1S/C18H25F3N4O/c1-10(2)13-7-15(18(19,20)21)25-16(22-13)8-14(23-25)12-5-6-24(9-12)17(26)11-3-4-11/h8,10-13,15,22H,3-7,9H2,1-2H3/t12-,13+,15-/m1/s1. The molecule has 1 saturated carbocycles. The van der Waals surface area contributed by atoms with E-state index in [4.69, 9.17) is 0 Å². The van der Waals surface area contributed by atoms with Crippen LogP contribution >= 0.6 is 0 Å². The number of alkyl halides is 3. The number of aromatic nitrogens is 2. The Hall–Kier alpha value is -1.73. The van der Waals surface area contributed by atoms with Gasteiger partial charge in [0.25, 0.3) is 0 Å². The summed E-state index contributed by atoms with van der Waals surface area (Å²) in [5.41, 5.74) is 0.664. The molecule has 5 nitrogen and oxygen atoms in total. The molecule has 2 fully saturated rings. The van der Waals surface area contributed by atoms with Crippen LogP contribution in [0, 0.1) is 11.8 Å². The van der Waals surface area contributed by atoms with Gasteiger partial charge in [-0.3, -0.25) is 4.79 Å². The molecule has 3 aliphatic rings. The predicted octanol–water partition coefficient (Wildman–Crippen LogP) is 3.55. The number of likely N-dealkylation sites (tertiary alicyclic amines) is 1. The number of halogens is 3. The van der Waals surface area contributed by atoms with Gasteiger partial charge in [-0.15, -0.1) is 0 Å². The Morgan fingerprint density at radius 2 is 2.04 bits per heavy atom. The molecule has 0 unspecified atom stereocenters. The van der Waals surface area contributed by atoms with Crippen molar-refractivity contribution in [1.29, 1.82) is 0 Å². The second kappa shape index (κ2) is 6.16. The van der Waals surface area contributed by atoms with Gasteiger partial charge in [0.1, 0.15) is 5.82 Å². The number of carbonyl (C=O) groups is 1. The number of hydrogen-bond acceptors (Lipinski definition) is 3. The number of carbonyl (C=O) groups excluding carboxylic acids is 1. The number of rotatable bonds is 3. The highest BCUT2D eigenvalue weighted by Crippen LogP contribution is 2.42. The third kappa shape index (κ3) is 3.18. The molecule has 0 bridgehead atoms. The summed E-state index contributed by atoms with van der Waals surface area (Å²) >= 11 is 0. The number of hydrogen-bond donors (Lipinski definition) is 1. The molecule has 3 atom stereocenters. The van der Waals surface area contributed by atoms with E-state index < -0.39 is 12.2 Å². The zero-order valence-corrected chi connectivity index (χ0v) is 15.1. The van der Waals surface area contributed by atoms with Crippen LogP contribution in [0.1, 0.15) is 57.2 Å². The number of anilines is 1. The zero-order valence-electron chi connectivity index (χ0n) is 15.1. The fraction of sp³-hybridized carbons (Fsp3) is 0.778. The first-order valence-electron chi connectivity index (χ1n) is 9.45. The lowest BCUT2D eigenvalue weighted by atomic mass is 9.94. The molecule has 26 heavy (non-hydrogen) atoms. The van der Waals surface area contributed by atoms with Gasteiger partial charge >= 0.3 is 6.18 Å². The van der Waals surface area contributed by atoms with Crippen LogP contribution in [-0.2, 0) is 4.79 Å². The highest BCUT2D eigenvalue weighted by molar-refractivity contribution is 5.81. The highest BCUT2D eigenvalue weighted by Gasteiger charge is 2.47. The van der Waals surface area contributed by atoms with Gasteiger partial charge in [0.05, 0.1) is 5.69 Å². The molecule has 2 aliphatic heterocycles. The predicted molar refractivity (Wildman–Crippen MR) is 90.8 cm³/mol. The van der Waals surface area contributed by atoms with Crippen molar-refractivity contribution in [3.05, 3.63) is 11.8 Å². The molecule has 1 aliphatic carbocycles. The van der Waals surface area contributed by atoms with Gasteiger partial charge in [-0.05, 0) is 31.6 Å². The number of amides is 1. The summed E-state index contributed by atoms with van der Waals surface area (Å²) in [5.74, 6) is 0.933. The smallest absolute Gasteiger partial charge is 0.367 e. The van der Waals surface area contributed by atoms with E-state index >= 15 is 0 Å². The summed E-state index contributed by atoms with van der Waals surface area (Å²) in [6.07, 6.45) is -1.64. The molecule has 1 amide bonds. The molecule has 0 aromatic carbocycles. The van der Waals surface area contributed by atoms with Crippen molar-refractivity contribution in [3.8, 4) is 0 Å². The first kappa shape index (κ1) is 17.7. The lowest BCUT2D eigenvalue weighted by molar-refractivity contribution is -0.174. The van der Waals surface area contributed by atoms with Gasteiger partial charge in [-0.1, -0.05) is 13.8 Å². The van der Waals surface area contributed by atoms with Gasteiger partial charge in [-0.2, -0.15) is 18.3 Å². The average molecular weight is 370 g/mol. The molecular weight excluding hydrogens is 345 g/mol. The quantitative estimate of drug-likeness (QED) is 0.885. The van der Waals surface area contributed by atoms with Gasteiger partial charge in [-0.25, -0.2) is 4.68 Å². The Kier molecular flexibility index (Phi) is 4.19. The van der Waals surface area contributed by atoms with Crippen molar-refractivity contribution in [3.63, 3.8) is 0 Å². The minimum absolute atomic E-state index is 0.00769. The van der Waals surface area contributed by atoms with Crippen molar-refractivity contribution < 1.29 is 18.0 Å². The van der Waals surface area contributed by atoms with Crippen molar-refractivity contribution in [2.24, 2.45) is 11.8 Å². The first-order valence-corrected chi connectivity index (χ1v) is 9.45. The summed E-state index contributed by atoms with van der Waals surface area (Å²) in [5, 5.41) is 7.55. The lowest BCUT2D eigenvalue weighted by Crippen LogP contribution is -2.41. The van der Waals surface area contributed by atoms with Crippen LogP contribution < -0.4 is 5.32 Å². The summed E-state index contributed by atoms with van der Waals surface area (Å²) in [7, 11) is 0. The van der Waals surface area contributed by atoms with E-state index in [1.807, 2.05) is 18.7 Å². The second-order valence-electron chi connectivity index (χ2n) is 8.23. The van der Waals surface area contributed by atoms with Crippen molar-refractivity contribution in [2.75, 3.05) is 18.4 Å². The van der Waals surface area contributed by atoms with E-state index in [9.17, 15) is 18.0 Å². The Bertz CT molecular complexity index is 695. The minimum Gasteiger partial charge on any atom is -0.367 e. The van der Waals surface area contributed by atoms with E-state index in [2.05, 4.69) is 10.4 Å². The molecule has 1 N–H and O–H groups in total. The molecular formula is C18H25F3N4O. The second-order valence-corrected chi connectivity index (χ2v) is 8.23. The number of fused-ring (bicyclic) bond motifs is 1. The van der Waals surface area contributed by atoms with E-state index in [1.165, 1.54) is 0 Å². The SMILES string of the molecule is CC(C)[C@@H]1C[C@H](C(F)(F)F)n2nc([C@@H]3CCN(C(=O)C4CC4)C3)cc2N1. The monoisotopic (exact) mass is 370 g/mol. The Morgan fingerprint density at radius 3 is 2.65 bits per heavy atom. The topological polar surface area (TPSA) is 50.2 Å². The van der Waals surface area contributed by atoms with E-state index in [0.29, 0.717) is 24.6 Å². The van der Waals surface area contributed by atoms with Gasteiger partial charge in [0.15, 0.2) is 6.04 Å². The van der Waals surface area contributed by atoms with Crippen LogP contribution in [0.2, 0.25) is 0 Å². The lowest BCUT2D eigenvalue weighted by Gasteiger charge is -2.35. The average Bonchev–Trinajstić information content (AvgIpc) is 3.14. The van der Waals surface area contributed by atoms with Gasteiger partial charge < -0.3 is 10.2 Å². The summed E-state index contributed by atoms with van der Waals surface area (Å²) in [6, 6.07) is -0.0658. The Labute approximate surface area is 150 Å². The summed E-state index contributed by atoms with van der Waals surface area (Å²) < 4.78 is 41.8.